The minimum Gasteiger partial charge on any atom is -0.355 e. The summed E-state index contributed by atoms with van der Waals surface area (Å²) in [6.45, 7) is 6.03. The number of rotatable bonds is 3. The maximum Gasteiger partial charge on any atom is 0.237 e. The third-order valence-corrected chi connectivity index (χ3v) is 1.82. The smallest absolute Gasteiger partial charge is 0.237 e. The van der Waals surface area contributed by atoms with E-state index in [0.717, 1.165) is 19.5 Å². The molecule has 1 unspecified atom stereocenters. The predicted octanol–water partition coefficient (Wildman–Crippen LogP) is 0.120. The van der Waals surface area contributed by atoms with Crippen molar-refractivity contribution in [2.75, 3.05) is 13.1 Å². The van der Waals surface area contributed by atoms with Crippen molar-refractivity contribution in [3.63, 3.8) is 0 Å². The molecule has 0 aliphatic carbocycles. The van der Waals surface area contributed by atoms with Crippen molar-refractivity contribution < 1.29 is 4.79 Å². The van der Waals surface area contributed by atoms with Crippen molar-refractivity contribution in [3.8, 4) is 0 Å². The lowest BCUT2D eigenvalue weighted by Gasteiger charge is -2.11. The van der Waals surface area contributed by atoms with Crippen molar-refractivity contribution in [2.45, 2.75) is 26.3 Å². The molecule has 3 heteroatoms. The van der Waals surface area contributed by atoms with Gasteiger partial charge in [0.05, 0.1) is 6.04 Å². The van der Waals surface area contributed by atoms with Crippen molar-refractivity contribution in [1.82, 2.24) is 10.6 Å². The van der Waals surface area contributed by atoms with Crippen LogP contribution in [0.4, 0.5) is 0 Å². The predicted molar refractivity (Wildman–Crippen MR) is 44.3 cm³/mol. The van der Waals surface area contributed by atoms with Gasteiger partial charge in [-0.2, -0.15) is 0 Å². The number of nitrogens with one attached hydrogen (secondary N) is 2. The molecule has 1 aliphatic heterocycles. The Morgan fingerprint density at radius 1 is 1.73 bits per heavy atom. The summed E-state index contributed by atoms with van der Waals surface area (Å²) in [7, 11) is 0. The molecule has 3 nitrogen and oxygen atoms in total. The zero-order chi connectivity index (χ0) is 8.27. The first kappa shape index (κ1) is 8.53. The van der Waals surface area contributed by atoms with Gasteiger partial charge in [-0.05, 0) is 18.9 Å². The van der Waals surface area contributed by atoms with E-state index < -0.39 is 0 Å². The Labute approximate surface area is 67.5 Å². The molecule has 0 radical (unpaired) electrons. The van der Waals surface area contributed by atoms with Crippen LogP contribution in [0.15, 0.2) is 0 Å². The summed E-state index contributed by atoms with van der Waals surface area (Å²) in [5.74, 6) is 0.772. The normalized spacial score (nSPS) is 24.3. The third kappa shape index (κ3) is 2.50. The first-order valence-corrected chi connectivity index (χ1v) is 4.21. The van der Waals surface area contributed by atoms with Crippen molar-refractivity contribution in [3.05, 3.63) is 0 Å². The Kier molecular flexibility index (Phi) is 2.88. The molecule has 0 aromatic rings. The molecule has 1 atom stereocenters. The summed E-state index contributed by atoms with van der Waals surface area (Å²) in [4.78, 5) is 11.0. The van der Waals surface area contributed by atoms with Crippen LogP contribution in [0.3, 0.4) is 0 Å². The Hall–Kier alpha value is -0.570. The standard InChI is InChI=1S/C8H16N2O/c1-6(2)5-10-7-3-4-9-8(7)11/h6-7,10H,3-5H2,1-2H3,(H,9,11). The third-order valence-electron chi connectivity index (χ3n) is 1.82. The Morgan fingerprint density at radius 2 is 2.45 bits per heavy atom. The second-order valence-corrected chi connectivity index (χ2v) is 3.43. The summed E-state index contributed by atoms with van der Waals surface area (Å²) in [6, 6.07) is 0.0670. The molecular formula is C8H16N2O. The second kappa shape index (κ2) is 3.72. The highest BCUT2D eigenvalue weighted by atomic mass is 16.2. The van der Waals surface area contributed by atoms with Gasteiger partial charge in [0.1, 0.15) is 0 Å². The van der Waals surface area contributed by atoms with E-state index in [0.29, 0.717) is 5.92 Å². The van der Waals surface area contributed by atoms with Gasteiger partial charge in [0.25, 0.3) is 0 Å². The fraction of sp³-hybridized carbons (Fsp3) is 0.875. The van der Waals surface area contributed by atoms with Crippen LogP contribution in [0.2, 0.25) is 0 Å². The van der Waals surface area contributed by atoms with Gasteiger partial charge < -0.3 is 10.6 Å². The van der Waals surface area contributed by atoms with Gasteiger partial charge in [-0.1, -0.05) is 13.8 Å². The van der Waals surface area contributed by atoms with Gasteiger partial charge in [0.15, 0.2) is 0 Å². The first-order valence-electron chi connectivity index (χ1n) is 4.21. The topological polar surface area (TPSA) is 41.1 Å². The van der Waals surface area contributed by atoms with Gasteiger partial charge in [0.2, 0.25) is 5.91 Å². The SMILES string of the molecule is CC(C)CNC1CCNC1=O. The number of amides is 1. The summed E-state index contributed by atoms with van der Waals surface area (Å²) in [5.41, 5.74) is 0. The largest absolute Gasteiger partial charge is 0.355 e. The van der Waals surface area contributed by atoms with E-state index in [-0.39, 0.29) is 11.9 Å². The quantitative estimate of drug-likeness (QED) is 0.609. The van der Waals surface area contributed by atoms with Crippen molar-refractivity contribution in [1.29, 1.82) is 0 Å². The first-order chi connectivity index (χ1) is 5.20. The number of hydrogen-bond acceptors (Lipinski definition) is 2. The van der Waals surface area contributed by atoms with Gasteiger partial charge in [-0.15, -0.1) is 0 Å². The molecule has 1 rings (SSSR count). The minimum atomic E-state index is 0.0670. The van der Waals surface area contributed by atoms with Crippen molar-refractivity contribution >= 4 is 5.91 Å². The Morgan fingerprint density at radius 3 is 2.91 bits per heavy atom. The molecule has 1 amide bonds. The molecule has 0 aromatic heterocycles. The Balaban J connectivity index is 2.20. The molecule has 0 spiro atoms. The molecule has 1 fully saturated rings. The van der Waals surface area contributed by atoms with Gasteiger partial charge in [-0.3, -0.25) is 4.79 Å². The maximum atomic E-state index is 11.0. The van der Waals surface area contributed by atoms with Crippen LogP contribution < -0.4 is 10.6 Å². The van der Waals surface area contributed by atoms with E-state index in [1.54, 1.807) is 0 Å². The van der Waals surface area contributed by atoms with Gasteiger partial charge in [-0.25, -0.2) is 0 Å². The molecule has 1 aliphatic rings. The van der Waals surface area contributed by atoms with Crippen LogP contribution in [-0.4, -0.2) is 25.0 Å². The highest BCUT2D eigenvalue weighted by Gasteiger charge is 2.22. The lowest BCUT2D eigenvalue weighted by atomic mass is 10.2. The van der Waals surface area contributed by atoms with Crippen LogP contribution in [0.1, 0.15) is 20.3 Å². The highest BCUT2D eigenvalue weighted by Crippen LogP contribution is 2.00. The van der Waals surface area contributed by atoms with E-state index in [2.05, 4.69) is 24.5 Å². The zero-order valence-corrected chi connectivity index (χ0v) is 7.18. The van der Waals surface area contributed by atoms with E-state index in [1.165, 1.54) is 0 Å². The molecule has 64 valence electrons. The molecule has 1 heterocycles. The van der Waals surface area contributed by atoms with Crippen LogP contribution in [0, 0.1) is 5.92 Å². The molecule has 0 saturated carbocycles. The average molecular weight is 156 g/mol. The fourth-order valence-corrected chi connectivity index (χ4v) is 1.17. The highest BCUT2D eigenvalue weighted by molar-refractivity contribution is 5.83. The van der Waals surface area contributed by atoms with Crippen LogP contribution in [0.5, 0.6) is 0 Å². The molecule has 0 aromatic carbocycles. The van der Waals surface area contributed by atoms with Crippen LogP contribution in [0.25, 0.3) is 0 Å². The van der Waals surface area contributed by atoms with E-state index >= 15 is 0 Å². The summed E-state index contributed by atoms with van der Waals surface area (Å²) >= 11 is 0. The maximum absolute atomic E-state index is 11.0. The monoisotopic (exact) mass is 156 g/mol. The molecule has 2 N–H and O–H groups in total. The average Bonchev–Trinajstić information content (AvgIpc) is 2.31. The van der Waals surface area contributed by atoms with E-state index in [4.69, 9.17) is 0 Å². The zero-order valence-electron chi connectivity index (χ0n) is 7.18. The van der Waals surface area contributed by atoms with Crippen LogP contribution in [-0.2, 0) is 4.79 Å². The van der Waals surface area contributed by atoms with E-state index in [9.17, 15) is 4.79 Å². The number of carbonyl (C=O) groups is 1. The van der Waals surface area contributed by atoms with E-state index in [1.807, 2.05) is 0 Å². The summed E-state index contributed by atoms with van der Waals surface area (Å²) in [6.07, 6.45) is 0.936. The second-order valence-electron chi connectivity index (χ2n) is 3.43. The minimum absolute atomic E-state index is 0.0670. The summed E-state index contributed by atoms with van der Waals surface area (Å²) < 4.78 is 0. The lowest BCUT2D eigenvalue weighted by molar-refractivity contribution is -0.120. The molecule has 1 saturated heterocycles. The molecular weight excluding hydrogens is 140 g/mol. The van der Waals surface area contributed by atoms with Crippen LogP contribution >= 0.6 is 0 Å². The van der Waals surface area contributed by atoms with Crippen molar-refractivity contribution in [2.24, 2.45) is 5.92 Å². The lowest BCUT2D eigenvalue weighted by Crippen LogP contribution is -2.38. The summed E-state index contributed by atoms with van der Waals surface area (Å²) in [5, 5.41) is 6.01. The fourth-order valence-electron chi connectivity index (χ4n) is 1.17. The molecule has 11 heavy (non-hydrogen) atoms. The number of carbonyl (C=O) groups excluding carboxylic acids is 1. The Bertz CT molecular complexity index is 145. The van der Waals surface area contributed by atoms with Gasteiger partial charge in [0, 0.05) is 6.54 Å². The number of hydrogen-bond donors (Lipinski definition) is 2. The molecule has 0 bridgehead atoms. The van der Waals surface area contributed by atoms with Gasteiger partial charge >= 0.3 is 0 Å².